The fourth-order valence-electron chi connectivity index (χ4n) is 3.28. The van der Waals surface area contributed by atoms with E-state index in [2.05, 4.69) is 25.8 Å². The number of nitrogens with zero attached hydrogens (tertiary/aromatic N) is 6. The number of aromatic nitrogens is 2. The number of rotatable bonds is 6. The first-order valence-corrected chi connectivity index (χ1v) is 9.20. The minimum Gasteiger partial charge on any atom is -0.338 e. The predicted molar refractivity (Wildman–Crippen MR) is 104 cm³/mol. The number of anilines is 2. The molecule has 27 heavy (non-hydrogen) atoms. The highest BCUT2D eigenvalue weighted by molar-refractivity contribution is 5.97. The Hall–Kier alpha value is -2.98. The summed E-state index contributed by atoms with van der Waals surface area (Å²) in [7, 11) is 0. The molecule has 0 bridgehead atoms. The molecule has 7 nitrogen and oxygen atoms in total. The van der Waals surface area contributed by atoms with Crippen LogP contribution in [0.15, 0.2) is 48.8 Å². The Morgan fingerprint density at radius 3 is 2.44 bits per heavy atom. The van der Waals surface area contributed by atoms with Gasteiger partial charge in [-0.15, -0.1) is 0 Å². The lowest BCUT2D eigenvalue weighted by atomic mass is 10.1. The standard InChI is InChI=1S/C20H24N6O/c1-17(19(27)26(12-5-9-21)18-7-3-2-4-8-18)24-13-15-25(16-14-24)20-22-10-6-11-23-20/h2-4,6-8,10-11,17H,5,12-16H2,1H3/t17-/m1/s1. The Morgan fingerprint density at radius 2 is 1.81 bits per heavy atom. The molecule has 2 aromatic rings. The molecule has 1 fully saturated rings. The summed E-state index contributed by atoms with van der Waals surface area (Å²) in [5.74, 6) is 0.761. The lowest BCUT2D eigenvalue weighted by molar-refractivity contribution is -0.123. The van der Waals surface area contributed by atoms with Crippen molar-refractivity contribution in [3.63, 3.8) is 0 Å². The third kappa shape index (κ3) is 4.60. The minimum atomic E-state index is -0.247. The van der Waals surface area contributed by atoms with E-state index in [4.69, 9.17) is 5.26 Å². The molecule has 1 atom stereocenters. The van der Waals surface area contributed by atoms with E-state index in [0.29, 0.717) is 13.0 Å². The van der Waals surface area contributed by atoms with Crippen LogP contribution in [0.2, 0.25) is 0 Å². The first-order valence-electron chi connectivity index (χ1n) is 9.20. The van der Waals surface area contributed by atoms with Gasteiger partial charge in [0.25, 0.3) is 0 Å². The van der Waals surface area contributed by atoms with Gasteiger partial charge >= 0.3 is 0 Å². The van der Waals surface area contributed by atoms with Crippen LogP contribution in [0, 0.1) is 11.3 Å². The fourth-order valence-corrected chi connectivity index (χ4v) is 3.28. The molecule has 0 unspecified atom stereocenters. The van der Waals surface area contributed by atoms with Crippen LogP contribution in [-0.2, 0) is 4.79 Å². The van der Waals surface area contributed by atoms with Crippen LogP contribution < -0.4 is 9.80 Å². The molecule has 1 aromatic carbocycles. The van der Waals surface area contributed by atoms with Gasteiger partial charge in [-0.2, -0.15) is 5.26 Å². The topological polar surface area (TPSA) is 76.4 Å². The summed E-state index contributed by atoms with van der Waals surface area (Å²) in [5, 5.41) is 8.95. The fraction of sp³-hybridized carbons (Fsp3) is 0.400. The summed E-state index contributed by atoms with van der Waals surface area (Å²) in [6.07, 6.45) is 3.80. The summed E-state index contributed by atoms with van der Waals surface area (Å²) >= 11 is 0. The molecule has 0 saturated carbocycles. The lowest BCUT2D eigenvalue weighted by Gasteiger charge is -2.38. The van der Waals surface area contributed by atoms with Crippen LogP contribution >= 0.6 is 0 Å². The van der Waals surface area contributed by atoms with Gasteiger partial charge in [0.05, 0.1) is 18.5 Å². The molecular formula is C20H24N6O. The van der Waals surface area contributed by atoms with Gasteiger partial charge in [0.1, 0.15) is 0 Å². The SMILES string of the molecule is C[C@H](C(=O)N(CCC#N)c1ccccc1)N1CCN(c2ncccn2)CC1. The first kappa shape index (κ1) is 18.8. The van der Waals surface area contributed by atoms with Gasteiger partial charge in [0.15, 0.2) is 0 Å². The van der Waals surface area contributed by atoms with Gasteiger partial charge in [0.2, 0.25) is 11.9 Å². The van der Waals surface area contributed by atoms with E-state index >= 15 is 0 Å². The zero-order chi connectivity index (χ0) is 19.1. The van der Waals surface area contributed by atoms with E-state index in [1.54, 1.807) is 23.4 Å². The number of carbonyl (C=O) groups excluding carboxylic acids is 1. The van der Waals surface area contributed by atoms with Gasteiger partial charge in [-0.1, -0.05) is 18.2 Å². The van der Waals surface area contributed by atoms with Crippen molar-refractivity contribution in [2.24, 2.45) is 0 Å². The van der Waals surface area contributed by atoms with Crippen molar-refractivity contribution in [1.82, 2.24) is 14.9 Å². The second-order valence-electron chi connectivity index (χ2n) is 6.48. The zero-order valence-electron chi connectivity index (χ0n) is 15.5. The van der Waals surface area contributed by atoms with E-state index in [9.17, 15) is 4.79 Å². The highest BCUT2D eigenvalue weighted by atomic mass is 16.2. The van der Waals surface area contributed by atoms with Crippen LogP contribution in [0.4, 0.5) is 11.6 Å². The molecule has 0 radical (unpaired) electrons. The first-order chi connectivity index (χ1) is 13.2. The second-order valence-corrected chi connectivity index (χ2v) is 6.48. The number of amides is 1. The van der Waals surface area contributed by atoms with Crippen LogP contribution in [0.5, 0.6) is 0 Å². The molecule has 0 N–H and O–H groups in total. The van der Waals surface area contributed by atoms with Gasteiger partial charge in [-0.3, -0.25) is 9.69 Å². The highest BCUT2D eigenvalue weighted by Gasteiger charge is 2.29. The number of hydrogen-bond donors (Lipinski definition) is 0. The Bertz CT molecular complexity index is 768. The maximum absolute atomic E-state index is 13.1. The smallest absolute Gasteiger partial charge is 0.244 e. The Kier molecular flexibility index (Phi) is 6.34. The van der Waals surface area contributed by atoms with Crippen molar-refractivity contribution >= 4 is 17.5 Å². The van der Waals surface area contributed by atoms with Crippen LogP contribution in [0.3, 0.4) is 0 Å². The quantitative estimate of drug-likeness (QED) is 0.780. The number of benzene rings is 1. The van der Waals surface area contributed by atoms with Gasteiger partial charge in [-0.05, 0) is 25.1 Å². The molecule has 0 spiro atoms. The van der Waals surface area contributed by atoms with Crippen LogP contribution in [0.1, 0.15) is 13.3 Å². The normalized spacial score (nSPS) is 15.8. The average molecular weight is 364 g/mol. The summed E-state index contributed by atoms with van der Waals surface area (Å²) in [6.45, 7) is 5.45. The number of hydrogen-bond acceptors (Lipinski definition) is 6. The van der Waals surface area contributed by atoms with E-state index < -0.39 is 0 Å². The van der Waals surface area contributed by atoms with Crippen molar-refractivity contribution in [2.75, 3.05) is 42.5 Å². The molecular weight excluding hydrogens is 340 g/mol. The van der Waals surface area contributed by atoms with Crippen molar-refractivity contribution in [3.8, 4) is 6.07 Å². The Labute approximate surface area is 159 Å². The molecule has 1 saturated heterocycles. The summed E-state index contributed by atoms with van der Waals surface area (Å²) in [6, 6.07) is 13.3. The molecule has 140 valence electrons. The maximum atomic E-state index is 13.1. The van der Waals surface area contributed by atoms with E-state index in [1.807, 2.05) is 37.3 Å². The Morgan fingerprint density at radius 1 is 1.15 bits per heavy atom. The molecule has 1 aromatic heterocycles. The summed E-state index contributed by atoms with van der Waals surface area (Å²) in [5.41, 5.74) is 0.834. The summed E-state index contributed by atoms with van der Waals surface area (Å²) < 4.78 is 0. The molecule has 7 heteroatoms. The predicted octanol–water partition coefficient (Wildman–Crippen LogP) is 1.93. The zero-order valence-corrected chi connectivity index (χ0v) is 15.5. The van der Waals surface area contributed by atoms with E-state index in [-0.39, 0.29) is 11.9 Å². The van der Waals surface area contributed by atoms with Crippen molar-refractivity contribution < 1.29 is 4.79 Å². The molecule has 1 aliphatic rings. The number of carbonyl (C=O) groups is 1. The van der Waals surface area contributed by atoms with Gasteiger partial charge in [-0.25, -0.2) is 9.97 Å². The number of para-hydroxylation sites is 1. The molecule has 3 rings (SSSR count). The van der Waals surface area contributed by atoms with Crippen molar-refractivity contribution in [2.45, 2.75) is 19.4 Å². The minimum absolute atomic E-state index is 0.0286. The molecule has 2 heterocycles. The van der Waals surface area contributed by atoms with E-state index in [0.717, 1.165) is 37.8 Å². The second kappa shape index (κ2) is 9.10. The summed E-state index contributed by atoms with van der Waals surface area (Å²) in [4.78, 5) is 27.8. The monoisotopic (exact) mass is 364 g/mol. The Balaban J connectivity index is 1.64. The number of nitriles is 1. The van der Waals surface area contributed by atoms with Crippen LogP contribution in [-0.4, -0.2) is 59.5 Å². The third-order valence-corrected chi connectivity index (χ3v) is 4.84. The third-order valence-electron chi connectivity index (χ3n) is 4.84. The van der Waals surface area contributed by atoms with Crippen molar-refractivity contribution in [1.29, 1.82) is 5.26 Å². The highest BCUT2D eigenvalue weighted by Crippen LogP contribution is 2.18. The van der Waals surface area contributed by atoms with E-state index in [1.165, 1.54) is 0 Å². The molecule has 1 amide bonds. The number of piperazine rings is 1. The molecule has 1 aliphatic heterocycles. The van der Waals surface area contributed by atoms with Crippen molar-refractivity contribution in [3.05, 3.63) is 48.8 Å². The average Bonchev–Trinajstić information content (AvgIpc) is 2.75. The lowest BCUT2D eigenvalue weighted by Crippen LogP contribution is -2.55. The maximum Gasteiger partial charge on any atom is 0.244 e. The molecule has 0 aliphatic carbocycles. The van der Waals surface area contributed by atoms with Crippen LogP contribution in [0.25, 0.3) is 0 Å². The van der Waals surface area contributed by atoms with Gasteiger partial charge in [0, 0.05) is 50.8 Å². The van der Waals surface area contributed by atoms with Gasteiger partial charge < -0.3 is 9.80 Å². The largest absolute Gasteiger partial charge is 0.338 e.